The summed E-state index contributed by atoms with van der Waals surface area (Å²) in [4.78, 5) is 24.5. The van der Waals surface area contributed by atoms with E-state index in [4.69, 9.17) is 9.84 Å². The van der Waals surface area contributed by atoms with Crippen LogP contribution in [0.15, 0.2) is 21.9 Å². The Morgan fingerprint density at radius 3 is 2.72 bits per heavy atom. The second kappa shape index (κ2) is 4.32. The maximum absolute atomic E-state index is 11.6. The predicted octanol–water partition coefficient (Wildman–Crippen LogP) is -2.46. The second-order valence-corrected chi connectivity index (χ2v) is 4.40. The van der Waals surface area contributed by atoms with Gasteiger partial charge in [0.2, 0.25) is 0 Å². The van der Waals surface area contributed by atoms with Crippen LogP contribution in [-0.4, -0.2) is 49.3 Å². The molecule has 0 amide bonds. The standard InChI is InChI=1S/C10H14N2O6/c1-10(17)7(15)5(4-13)18-8(10)12-3-2-6(14)11-9(12)16/h2-3,5,7-8,13,15,17H,4H2,1H3,(H,11,14,16)/t5?,7-,8?,10+/m1/s1. The molecule has 4 atom stereocenters. The van der Waals surface area contributed by atoms with E-state index in [0.717, 1.165) is 16.8 Å². The van der Waals surface area contributed by atoms with Crippen molar-refractivity contribution in [2.75, 3.05) is 6.61 Å². The third-order valence-corrected chi connectivity index (χ3v) is 3.04. The van der Waals surface area contributed by atoms with E-state index in [1.54, 1.807) is 0 Å². The number of aliphatic hydroxyl groups excluding tert-OH is 2. The molecule has 0 radical (unpaired) electrons. The lowest BCUT2D eigenvalue weighted by Gasteiger charge is -2.27. The molecule has 0 spiro atoms. The van der Waals surface area contributed by atoms with E-state index in [2.05, 4.69) is 0 Å². The van der Waals surface area contributed by atoms with E-state index in [-0.39, 0.29) is 0 Å². The van der Waals surface area contributed by atoms with Crippen molar-refractivity contribution in [2.24, 2.45) is 0 Å². The Morgan fingerprint density at radius 1 is 1.56 bits per heavy atom. The Kier molecular flexibility index (Phi) is 3.11. The Bertz CT molecular complexity index is 548. The van der Waals surface area contributed by atoms with Gasteiger partial charge in [-0.15, -0.1) is 0 Å². The van der Waals surface area contributed by atoms with Gasteiger partial charge in [0.1, 0.15) is 17.8 Å². The monoisotopic (exact) mass is 258 g/mol. The fourth-order valence-electron chi connectivity index (χ4n) is 2.00. The molecule has 1 saturated heterocycles. The zero-order valence-corrected chi connectivity index (χ0v) is 9.61. The first-order chi connectivity index (χ1) is 8.37. The number of aliphatic hydroxyl groups is 3. The largest absolute Gasteiger partial charge is 0.394 e. The third-order valence-electron chi connectivity index (χ3n) is 3.04. The number of ether oxygens (including phenoxy) is 1. The van der Waals surface area contributed by atoms with Crippen LogP contribution in [0.1, 0.15) is 13.2 Å². The molecule has 1 aliphatic rings. The van der Waals surface area contributed by atoms with Crippen molar-refractivity contribution in [1.29, 1.82) is 0 Å². The van der Waals surface area contributed by atoms with Crippen molar-refractivity contribution in [3.8, 4) is 0 Å². The highest BCUT2D eigenvalue weighted by Crippen LogP contribution is 2.36. The molecule has 0 aliphatic carbocycles. The Balaban J connectivity index is 2.45. The molecule has 1 fully saturated rings. The quantitative estimate of drug-likeness (QED) is 0.466. The fourth-order valence-corrected chi connectivity index (χ4v) is 2.00. The summed E-state index contributed by atoms with van der Waals surface area (Å²) in [5.74, 6) is 0. The molecule has 8 nitrogen and oxygen atoms in total. The van der Waals surface area contributed by atoms with Gasteiger partial charge in [-0.25, -0.2) is 4.79 Å². The van der Waals surface area contributed by atoms with Crippen molar-refractivity contribution < 1.29 is 20.1 Å². The Morgan fingerprint density at radius 2 is 2.22 bits per heavy atom. The third kappa shape index (κ3) is 1.89. The van der Waals surface area contributed by atoms with Crippen molar-refractivity contribution >= 4 is 0 Å². The van der Waals surface area contributed by atoms with E-state index < -0.39 is 41.9 Å². The van der Waals surface area contributed by atoms with Crippen LogP contribution in [0.4, 0.5) is 0 Å². The first kappa shape index (κ1) is 13.0. The van der Waals surface area contributed by atoms with Crippen LogP contribution >= 0.6 is 0 Å². The molecule has 2 unspecified atom stereocenters. The summed E-state index contributed by atoms with van der Waals surface area (Å²) < 4.78 is 6.19. The minimum Gasteiger partial charge on any atom is -0.394 e. The fraction of sp³-hybridized carbons (Fsp3) is 0.600. The molecular weight excluding hydrogens is 244 g/mol. The number of aromatic nitrogens is 2. The van der Waals surface area contributed by atoms with E-state index in [1.807, 2.05) is 4.98 Å². The highest BCUT2D eigenvalue weighted by Gasteiger charge is 2.53. The van der Waals surface area contributed by atoms with Gasteiger partial charge in [-0.1, -0.05) is 0 Å². The molecule has 0 saturated carbocycles. The van der Waals surface area contributed by atoms with Gasteiger partial charge in [-0.2, -0.15) is 0 Å². The lowest BCUT2D eigenvalue weighted by molar-refractivity contribution is -0.0987. The van der Waals surface area contributed by atoms with Crippen molar-refractivity contribution in [1.82, 2.24) is 9.55 Å². The maximum Gasteiger partial charge on any atom is 0.330 e. The van der Waals surface area contributed by atoms with Crippen molar-refractivity contribution in [3.05, 3.63) is 33.1 Å². The predicted molar refractivity (Wildman–Crippen MR) is 58.9 cm³/mol. The normalized spacial score (nSPS) is 35.9. The first-order valence-corrected chi connectivity index (χ1v) is 5.36. The Hall–Kier alpha value is -1.48. The highest BCUT2D eigenvalue weighted by atomic mass is 16.6. The summed E-state index contributed by atoms with van der Waals surface area (Å²) in [6, 6.07) is 1.10. The van der Waals surface area contributed by atoms with Gasteiger partial charge in [0.05, 0.1) is 6.61 Å². The molecular formula is C10H14N2O6. The molecule has 18 heavy (non-hydrogen) atoms. The van der Waals surface area contributed by atoms with E-state index >= 15 is 0 Å². The van der Waals surface area contributed by atoms with Gasteiger partial charge in [0, 0.05) is 12.3 Å². The van der Waals surface area contributed by atoms with Crippen molar-refractivity contribution in [2.45, 2.75) is 31.0 Å². The van der Waals surface area contributed by atoms with Gasteiger partial charge in [0.25, 0.3) is 5.56 Å². The van der Waals surface area contributed by atoms with Gasteiger partial charge in [0.15, 0.2) is 6.23 Å². The summed E-state index contributed by atoms with van der Waals surface area (Å²) in [7, 11) is 0. The van der Waals surface area contributed by atoms with Gasteiger partial charge in [-0.3, -0.25) is 14.3 Å². The number of hydrogen-bond donors (Lipinski definition) is 4. The van der Waals surface area contributed by atoms with Crippen LogP contribution in [0.3, 0.4) is 0 Å². The molecule has 100 valence electrons. The van der Waals surface area contributed by atoms with Crippen molar-refractivity contribution in [3.63, 3.8) is 0 Å². The van der Waals surface area contributed by atoms with Gasteiger partial charge < -0.3 is 20.1 Å². The minimum absolute atomic E-state index is 0.494. The summed E-state index contributed by atoms with van der Waals surface area (Å²) >= 11 is 0. The molecule has 8 heteroatoms. The van der Waals surface area contributed by atoms with Crippen LogP contribution in [0.5, 0.6) is 0 Å². The first-order valence-electron chi connectivity index (χ1n) is 5.36. The molecule has 2 heterocycles. The molecule has 0 aromatic carbocycles. The van der Waals surface area contributed by atoms with E-state index in [9.17, 15) is 19.8 Å². The number of H-pyrrole nitrogens is 1. The molecule has 1 aliphatic heterocycles. The molecule has 1 aromatic heterocycles. The summed E-state index contributed by atoms with van der Waals surface area (Å²) in [6.07, 6.45) is -2.36. The zero-order chi connectivity index (χ0) is 13.5. The highest BCUT2D eigenvalue weighted by molar-refractivity contribution is 5.00. The number of nitrogens with one attached hydrogen (secondary N) is 1. The van der Waals surface area contributed by atoms with Gasteiger partial charge >= 0.3 is 5.69 Å². The lowest BCUT2D eigenvalue weighted by Crippen LogP contribution is -2.46. The maximum atomic E-state index is 11.6. The van der Waals surface area contributed by atoms with Crippen LogP contribution in [0.2, 0.25) is 0 Å². The summed E-state index contributed by atoms with van der Waals surface area (Å²) in [5.41, 5.74) is -3.10. The minimum atomic E-state index is -1.75. The van der Waals surface area contributed by atoms with Crippen LogP contribution < -0.4 is 11.2 Å². The van der Waals surface area contributed by atoms with E-state index in [0.29, 0.717) is 0 Å². The number of hydrogen-bond acceptors (Lipinski definition) is 6. The van der Waals surface area contributed by atoms with Crippen LogP contribution in [0, 0.1) is 0 Å². The average Bonchev–Trinajstić information content (AvgIpc) is 2.52. The lowest BCUT2D eigenvalue weighted by atomic mass is 9.96. The SMILES string of the molecule is C[C@@]1(O)C(n2ccc(=O)[nH]c2=O)OC(CO)[C@H]1O. The van der Waals surface area contributed by atoms with Gasteiger partial charge in [-0.05, 0) is 6.92 Å². The summed E-state index contributed by atoms with van der Waals surface area (Å²) in [5, 5.41) is 28.9. The smallest absolute Gasteiger partial charge is 0.330 e. The molecule has 4 N–H and O–H groups in total. The Labute approximate surface area is 101 Å². The molecule has 0 bridgehead atoms. The molecule has 1 aromatic rings. The second-order valence-electron chi connectivity index (χ2n) is 4.40. The van der Waals surface area contributed by atoms with Crippen LogP contribution in [-0.2, 0) is 4.74 Å². The number of aromatic amines is 1. The topological polar surface area (TPSA) is 125 Å². The van der Waals surface area contributed by atoms with E-state index in [1.165, 1.54) is 6.92 Å². The summed E-state index contributed by atoms with van der Waals surface area (Å²) in [6.45, 7) is 0.793. The number of rotatable bonds is 2. The zero-order valence-electron chi connectivity index (χ0n) is 9.61. The average molecular weight is 258 g/mol. The number of nitrogens with zero attached hydrogens (tertiary/aromatic N) is 1. The molecule has 2 rings (SSSR count). The van der Waals surface area contributed by atoms with Crippen LogP contribution in [0.25, 0.3) is 0 Å².